The number of hydrogen-bond acceptors (Lipinski definition) is 1. The predicted molar refractivity (Wildman–Crippen MR) is 63.7 cm³/mol. The Morgan fingerprint density at radius 1 is 1.53 bits per heavy atom. The molecule has 0 unspecified atom stereocenters. The summed E-state index contributed by atoms with van der Waals surface area (Å²) in [7, 11) is 0. The van der Waals surface area contributed by atoms with Crippen molar-refractivity contribution in [2.45, 2.75) is 19.4 Å². The Bertz CT molecular complexity index is 390. The molecule has 1 aliphatic carbocycles. The zero-order valence-electron chi connectivity index (χ0n) is 8.09. The molecule has 1 fully saturated rings. The normalized spacial score (nSPS) is 15.1. The maximum absolute atomic E-state index is 11.4. The number of carbonyl (C=O) groups is 1. The van der Waals surface area contributed by atoms with Crippen LogP contribution in [-0.2, 0) is 11.3 Å². The molecule has 2 rings (SSSR count). The second-order valence-electron chi connectivity index (χ2n) is 3.73. The summed E-state index contributed by atoms with van der Waals surface area (Å²) in [5.41, 5.74) is 0.953. The van der Waals surface area contributed by atoms with Crippen LogP contribution >= 0.6 is 27.5 Å². The number of carbonyl (C=O) groups excluding carboxylic acids is 1. The summed E-state index contributed by atoms with van der Waals surface area (Å²) >= 11 is 9.36. The molecule has 1 aromatic carbocycles. The molecule has 0 aromatic heterocycles. The molecule has 0 bridgehead atoms. The van der Waals surface area contributed by atoms with Crippen molar-refractivity contribution in [3.63, 3.8) is 0 Å². The van der Waals surface area contributed by atoms with Gasteiger partial charge < -0.3 is 5.32 Å². The molecule has 0 aliphatic heterocycles. The van der Waals surface area contributed by atoms with Crippen LogP contribution in [0.25, 0.3) is 0 Å². The Labute approximate surface area is 102 Å². The summed E-state index contributed by atoms with van der Waals surface area (Å²) in [6, 6.07) is 5.67. The van der Waals surface area contributed by atoms with Crippen molar-refractivity contribution in [1.82, 2.24) is 5.32 Å². The summed E-state index contributed by atoms with van der Waals surface area (Å²) in [4.78, 5) is 11.4. The summed E-state index contributed by atoms with van der Waals surface area (Å²) in [6.45, 7) is 0.515. The fraction of sp³-hybridized carbons (Fsp3) is 0.364. The SMILES string of the molecule is O=C(NCc1ccc(Br)cc1Cl)C1CC1. The van der Waals surface area contributed by atoms with Gasteiger partial charge in [-0.25, -0.2) is 0 Å². The predicted octanol–water partition coefficient (Wildman–Crippen LogP) is 3.13. The van der Waals surface area contributed by atoms with Gasteiger partial charge in [-0.05, 0) is 30.5 Å². The van der Waals surface area contributed by atoms with Crippen LogP contribution in [0.2, 0.25) is 5.02 Å². The van der Waals surface area contributed by atoms with E-state index in [-0.39, 0.29) is 11.8 Å². The first-order chi connectivity index (χ1) is 7.16. The standard InChI is InChI=1S/C11H11BrClNO/c12-9-4-3-8(10(13)5-9)6-14-11(15)7-1-2-7/h3-5,7H,1-2,6H2,(H,14,15). The molecule has 1 aliphatic rings. The van der Waals surface area contributed by atoms with E-state index in [4.69, 9.17) is 11.6 Å². The van der Waals surface area contributed by atoms with Crippen LogP contribution in [0, 0.1) is 5.92 Å². The molecule has 1 N–H and O–H groups in total. The molecular formula is C11H11BrClNO. The van der Waals surface area contributed by atoms with Gasteiger partial charge in [0.2, 0.25) is 5.91 Å². The van der Waals surface area contributed by atoms with Crippen LogP contribution < -0.4 is 5.32 Å². The van der Waals surface area contributed by atoms with Gasteiger partial charge in [0.05, 0.1) is 0 Å². The average molecular weight is 289 g/mol. The van der Waals surface area contributed by atoms with Gasteiger partial charge in [-0.2, -0.15) is 0 Å². The van der Waals surface area contributed by atoms with E-state index in [2.05, 4.69) is 21.2 Å². The zero-order valence-corrected chi connectivity index (χ0v) is 10.4. The molecule has 80 valence electrons. The number of hydrogen-bond donors (Lipinski definition) is 1. The lowest BCUT2D eigenvalue weighted by molar-refractivity contribution is -0.122. The van der Waals surface area contributed by atoms with Crippen LogP contribution in [0.1, 0.15) is 18.4 Å². The Morgan fingerprint density at radius 3 is 2.87 bits per heavy atom. The monoisotopic (exact) mass is 287 g/mol. The van der Waals surface area contributed by atoms with E-state index < -0.39 is 0 Å². The highest BCUT2D eigenvalue weighted by atomic mass is 79.9. The van der Waals surface area contributed by atoms with Gasteiger partial charge in [-0.15, -0.1) is 0 Å². The molecule has 0 heterocycles. The minimum atomic E-state index is 0.147. The van der Waals surface area contributed by atoms with Crippen LogP contribution in [0.5, 0.6) is 0 Å². The second-order valence-corrected chi connectivity index (χ2v) is 5.05. The van der Waals surface area contributed by atoms with Crippen LogP contribution in [0.15, 0.2) is 22.7 Å². The summed E-state index contributed by atoms with van der Waals surface area (Å²) in [6.07, 6.45) is 2.06. The van der Waals surface area contributed by atoms with Crippen LogP contribution in [0.4, 0.5) is 0 Å². The molecule has 4 heteroatoms. The highest BCUT2D eigenvalue weighted by molar-refractivity contribution is 9.10. The minimum absolute atomic E-state index is 0.147. The number of rotatable bonds is 3. The molecule has 0 atom stereocenters. The van der Waals surface area contributed by atoms with Gasteiger partial charge in [-0.1, -0.05) is 33.6 Å². The van der Waals surface area contributed by atoms with Gasteiger partial charge >= 0.3 is 0 Å². The molecule has 0 saturated heterocycles. The molecule has 1 saturated carbocycles. The molecule has 1 aromatic rings. The second kappa shape index (κ2) is 4.54. The smallest absolute Gasteiger partial charge is 0.223 e. The largest absolute Gasteiger partial charge is 0.352 e. The molecular weight excluding hydrogens is 277 g/mol. The Kier molecular flexibility index (Phi) is 3.32. The van der Waals surface area contributed by atoms with E-state index in [1.807, 2.05) is 18.2 Å². The fourth-order valence-corrected chi connectivity index (χ4v) is 2.08. The topological polar surface area (TPSA) is 29.1 Å². The van der Waals surface area contributed by atoms with Gasteiger partial charge in [0.15, 0.2) is 0 Å². The number of benzene rings is 1. The third-order valence-electron chi connectivity index (χ3n) is 2.42. The lowest BCUT2D eigenvalue weighted by atomic mass is 10.2. The lowest BCUT2D eigenvalue weighted by Crippen LogP contribution is -2.24. The molecule has 0 radical (unpaired) electrons. The number of nitrogens with one attached hydrogen (secondary N) is 1. The first kappa shape index (κ1) is 11.0. The van der Waals surface area contributed by atoms with Gasteiger partial charge in [0.25, 0.3) is 0 Å². The van der Waals surface area contributed by atoms with E-state index >= 15 is 0 Å². The third-order valence-corrected chi connectivity index (χ3v) is 3.26. The maximum atomic E-state index is 11.4. The van der Waals surface area contributed by atoms with Crippen molar-refractivity contribution in [2.75, 3.05) is 0 Å². The fourth-order valence-electron chi connectivity index (χ4n) is 1.34. The lowest BCUT2D eigenvalue weighted by Gasteiger charge is -2.06. The van der Waals surface area contributed by atoms with Crippen molar-refractivity contribution in [3.8, 4) is 0 Å². The van der Waals surface area contributed by atoms with Crippen LogP contribution in [-0.4, -0.2) is 5.91 Å². The molecule has 2 nitrogen and oxygen atoms in total. The van der Waals surface area contributed by atoms with E-state index in [1.165, 1.54) is 0 Å². The van der Waals surface area contributed by atoms with E-state index in [0.29, 0.717) is 11.6 Å². The van der Waals surface area contributed by atoms with Gasteiger partial charge in [-0.3, -0.25) is 4.79 Å². The first-order valence-electron chi connectivity index (χ1n) is 4.88. The third kappa shape index (κ3) is 2.95. The summed E-state index contributed by atoms with van der Waals surface area (Å²) in [5.74, 6) is 0.396. The zero-order chi connectivity index (χ0) is 10.8. The number of halogens is 2. The molecule has 15 heavy (non-hydrogen) atoms. The maximum Gasteiger partial charge on any atom is 0.223 e. The molecule has 0 spiro atoms. The van der Waals surface area contributed by atoms with E-state index in [9.17, 15) is 4.79 Å². The minimum Gasteiger partial charge on any atom is -0.352 e. The summed E-state index contributed by atoms with van der Waals surface area (Å²) in [5, 5.41) is 3.56. The van der Waals surface area contributed by atoms with Gasteiger partial charge in [0.1, 0.15) is 0 Å². The van der Waals surface area contributed by atoms with Crippen molar-refractivity contribution >= 4 is 33.4 Å². The van der Waals surface area contributed by atoms with E-state index in [0.717, 1.165) is 22.9 Å². The van der Waals surface area contributed by atoms with Crippen LogP contribution in [0.3, 0.4) is 0 Å². The highest BCUT2D eigenvalue weighted by Gasteiger charge is 2.29. The number of amides is 1. The highest BCUT2D eigenvalue weighted by Crippen LogP contribution is 2.29. The molecule has 1 amide bonds. The average Bonchev–Trinajstić information content (AvgIpc) is 2.99. The van der Waals surface area contributed by atoms with E-state index in [1.54, 1.807) is 0 Å². The Morgan fingerprint density at radius 2 is 2.27 bits per heavy atom. The van der Waals surface area contributed by atoms with Crippen molar-refractivity contribution < 1.29 is 4.79 Å². The summed E-state index contributed by atoms with van der Waals surface area (Å²) < 4.78 is 0.949. The van der Waals surface area contributed by atoms with Crippen molar-refractivity contribution in [2.24, 2.45) is 5.92 Å². The Hall–Kier alpha value is -0.540. The van der Waals surface area contributed by atoms with Gasteiger partial charge in [0, 0.05) is 22.0 Å². The first-order valence-corrected chi connectivity index (χ1v) is 6.05. The Balaban J connectivity index is 1.95. The van der Waals surface area contributed by atoms with Crippen molar-refractivity contribution in [3.05, 3.63) is 33.3 Å². The quantitative estimate of drug-likeness (QED) is 0.909. The van der Waals surface area contributed by atoms with Crippen molar-refractivity contribution in [1.29, 1.82) is 0 Å².